The summed E-state index contributed by atoms with van der Waals surface area (Å²) in [6.45, 7) is 7.22. The van der Waals surface area contributed by atoms with Gasteiger partial charge in [-0.05, 0) is 40.5 Å². The Morgan fingerprint density at radius 2 is 1.78 bits per heavy atom. The van der Waals surface area contributed by atoms with E-state index in [2.05, 4.69) is 5.32 Å². The first kappa shape index (κ1) is 15.4. The summed E-state index contributed by atoms with van der Waals surface area (Å²) in [5.74, 6) is 0.105. The molecule has 6 heteroatoms. The summed E-state index contributed by atoms with van der Waals surface area (Å²) in [6, 6.07) is -0.328. The first-order chi connectivity index (χ1) is 8.09. The van der Waals surface area contributed by atoms with Gasteiger partial charge in [-0.1, -0.05) is 0 Å². The zero-order chi connectivity index (χ0) is 14.0. The van der Waals surface area contributed by atoms with E-state index in [0.29, 0.717) is 12.8 Å². The first-order valence-corrected chi connectivity index (χ1v) is 8.10. The molecular formula is C12H23NO4S. The van der Waals surface area contributed by atoms with Crippen molar-refractivity contribution < 1.29 is 17.9 Å². The molecule has 1 unspecified atom stereocenters. The van der Waals surface area contributed by atoms with Gasteiger partial charge in [-0.2, -0.15) is 0 Å². The fourth-order valence-electron chi connectivity index (χ4n) is 1.87. The lowest BCUT2D eigenvalue weighted by Crippen LogP contribution is -2.47. The Bertz CT molecular complexity index is 383. The van der Waals surface area contributed by atoms with Gasteiger partial charge in [0.15, 0.2) is 0 Å². The number of hydrogen-bond donors (Lipinski definition) is 1. The maximum Gasteiger partial charge on any atom is 0.323 e. The smallest absolute Gasteiger partial charge is 0.323 e. The van der Waals surface area contributed by atoms with Crippen molar-refractivity contribution in [1.82, 2.24) is 5.32 Å². The van der Waals surface area contributed by atoms with Gasteiger partial charge in [0.25, 0.3) is 0 Å². The van der Waals surface area contributed by atoms with Crippen LogP contribution in [0, 0.1) is 0 Å². The van der Waals surface area contributed by atoms with Crippen molar-refractivity contribution in [3.63, 3.8) is 0 Å². The van der Waals surface area contributed by atoms with Gasteiger partial charge in [0.2, 0.25) is 0 Å². The van der Waals surface area contributed by atoms with E-state index in [9.17, 15) is 13.2 Å². The molecule has 0 aromatic carbocycles. The van der Waals surface area contributed by atoms with Crippen LogP contribution in [0.2, 0.25) is 0 Å². The van der Waals surface area contributed by atoms with Crippen LogP contribution < -0.4 is 5.32 Å². The Hall–Kier alpha value is -0.620. The highest BCUT2D eigenvalue weighted by Gasteiger charge is 2.28. The van der Waals surface area contributed by atoms with E-state index in [-0.39, 0.29) is 23.5 Å². The van der Waals surface area contributed by atoms with Crippen molar-refractivity contribution in [1.29, 1.82) is 0 Å². The molecular weight excluding hydrogens is 254 g/mol. The van der Waals surface area contributed by atoms with Gasteiger partial charge in [-0.15, -0.1) is 0 Å². The Kier molecular flexibility index (Phi) is 4.78. The van der Waals surface area contributed by atoms with Gasteiger partial charge in [-0.3, -0.25) is 4.79 Å². The average Bonchev–Trinajstić information content (AvgIpc) is 2.18. The Morgan fingerprint density at radius 1 is 1.28 bits per heavy atom. The van der Waals surface area contributed by atoms with Crippen molar-refractivity contribution in [2.45, 2.75) is 58.2 Å². The second kappa shape index (κ2) is 5.57. The fraction of sp³-hybridized carbons (Fsp3) is 0.917. The normalized spacial score (nSPS) is 22.4. The summed E-state index contributed by atoms with van der Waals surface area (Å²) in [6.07, 6.45) is 1.13. The van der Waals surface area contributed by atoms with E-state index in [0.717, 1.165) is 0 Å². The minimum Gasteiger partial charge on any atom is -0.459 e. The monoisotopic (exact) mass is 277 g/mol. The van der Waals surface area contributed by atoms with Gasteiger partial charge in [0.1, 0.15) is 21.5 Å². The van der Waals surface area contributed by atoms with Crippen molar-refractivity contribution >= 4 is 15.8 Å². The van der Waals surface area contributed by atoms with E-state index in [1.54, 1.807) is 6.92 Å². The quantitative estimate of drug-likeness (QED) is 0.775. The largest absolute Gasteiger partial charge is 0.459 e. The van der Waals surface area contributed by atoms with E-state index in [4.69, 9.17) is 4.74 Å². The number of rotatable bonds is 3. The molecule has 1 saturated heterocycles. The predicted molar refractivity (Wildman–Crippen MR) is 70.1 cm³/mol. The lowest BCUT2D eigenvalue weighted by molar-refractivity contribution is -0.157. The maximum atomic E-state index is 11.8. The maximum absolute atomic E-state index is 11.8. The Balaban J connectivity index is 2.41. The molecule has 106 valence electrons. The third-order valence-corrected chi connectivity index (χ3v) is 4.52. The molecule has 0 aromatic rings. The molecule has 0 amide bonds. The third kappa shape index (κ3) is 5.35. The first-order valence-electron chi connectivity index (χ1n) is 6.28. The second-order valence-corrected chi connectivity index (χ2v) is 8.15. The van der Waals surface area contributed by atoms with Gasteiger partial charge in [-0.25, -0.2) is 8.42 Å². The molecule has 5 nitrogen and oxygen atoms in total. The summed E-state index contributed by atoms with van der Waals surface area (Å²) in [7, 11) is -2.86. The van der Waals surface area contributed by atoms with Crippen molar-refractivity contribution in [3.05, 3.63) is 0 Å². The van der Waals surface area contributed by atoms with E-state index in [1.807, 2.05) is 20.8 Å². The number of sulfone groups is 1. The van der Waals surface area contributed by atoms with Crippen molar-refractivity contribution in [2.24, 2.45) is 0 Å². The van der Waals surface area contributed by atoms with Gasteiger partial charge < -0.3 is 10.1 Å². The number of carbonyl (C=O) groups excluding carboxylic acids is 1. The summed E-state index contributed by atoms with van der Waals surface area (Å²) in [5, 5.41) is 3.14. The minimum atomic E-state index is -2.86. The number of esters is 1. The molecule has 0 aromatic heterocycles. The van der Waals surface area contributed by atoms with Crippen LogP contribution in [-0.2, 0) is 19.4 Å². The summed E-state index contributed by atoms with van der Waals surface area (Å²) < 4.78 is 27.8. The third-order valence-electron chi connectivity index (χ3n) is 2.80. The summed E-state index contributed by atoms with van der Waals surface area (Å²) >= 11 is 0. The molecule has 1 atom stereocenters. The van der Waals surface area contributed by atoms with Crippen molar-refractivity contribution in [3.8, 4) is 0 Å². The van der Waals surface area contributed by atoms with Crippen LogP contribution in [0.1, 0.15) is 40.5 Å². The molecule has 0 spiro atoms. The summed E-state index contributed by atoms with van der Waals surface area (Å²) in [5.41, 5.74) is -0.497. The standard InChI is InChI=1S/C12H23NO4S/c1-9(11(14)17-12(2,3)4)13-10-5-7-18(15,16)8-6-10/h9-10,13H,5-8H2,1-4H3. The molecule has 1 rings (SSSR count). The van der Waals surface area contributed by atoms with Crippen molar-refractivity contribution in [2.75, 3.05) is 11.5 Å². The lowest BCUT2D eigenvalue weighted by atomic mass is 10.1. The molecule has 0 aliphatic carbocycles. The van der Waals surface area contributed by atoms with Crippen LogP contribution in [0.4, 0.5) is 0 Å². The molecule has 1 aliphatic heterocycles. The van der Waals surface area contributed by atoms with Gasteiger partial charge in [0.05, 0.1) is 11.5 Å². The number of ether oxygens (including phenoxy) is 1. The van der Waals surface area contributed by atoms with Gasteiger partial charge >= 0.3 is 5.97 Å². The minimum absolute atomic E-state index is 0.0797. The SMILES string of the molecule is CC(NC1CCS(=O)(=O)CC1)C(=O)OC(C)(C)C. The Morgan fingerprint density at radius 3 is 2.22 bits per heavy atom. The zero-order valence-electron chi connectivity index (χ0n) is 11.5. The highest BCUT2D eigenvalue weighted by atomic mass is 32.2. The predicted octanol–water partition coefficient (Wildman–Crippen LogP) is 0.883. The second-order valence-electron chi connectivity index (χ2n) is 5.85. The fourth-order valence-corrected chi connectivity index (χ4v) is 3.36. The number of carbonyl (C=O) groups is 1. The van der Waals surface area contributed by atoms with E-state index in [1.165, 1.54) is 0 Å². The molecule has 0 bridgehead atoms. The van der Waals surface area contributed by atoms with Crippen LogP contribution in [0.15, 0.2) is 0 Å². The molecule has 0 saturated carbocycles. The molecule has 1 N–H and O–H groups in total. The topological polar surface area (TPSA) is 72.5 Å². The molecule has 1 fully saturated rings. The highest BCUT2D eigenvalue weighted by molar-refractivity contribution is 7.91. The van der Waals surface area contributed by atoms with Crippen LogP contribution in [0.3, 0.4) is 0 Å². The van der Waals surface area contributed by atoms with E-state index >= 15 is 0 Å². The zero-order valence-corrected chi connectivity index (χ0v) is 12.3. The van der Waals surface area contributed by atoms with Crippen LogP contribution >= 0.6 is 0 Å². The molecule has 0 radical (unpaired) electrons. The van der Waals surface area contributed by atoms with Gasteiger partial charge in [0, 0.05) is 6.04 Å². The summed E-state index contributed by atoms with van der Waals surface area (Å²) in [4.78, 5) is 11.8. The average molecular weight is 277 g/mol. The molecule has 1 heterocycles. The van der Waals surface area contributed by atoms with Crippen LogP contribution in [0.25, 0.3) is 0 Å². The number of hydrogen-bond acceptors (Lipinski definition) is 5. The highest BCUT2D eigenvalue weighted by Crippen LogP contribution is 2.14. The molecule has 18 heavy (non-hydrogen) atoms. The van der Waals surface area contributed by atoms with Crippen LogP contribution in [0.5, 0.6) is 0 Å². The van der Waals surface area contributed by atoms with E-state index < -0.39 is 21.5 Å². The lowest BCUT2D eigenvalue weighted by Gasteiger charge is -2.28. The Labute approximate surface area is 109 Å². The van der Waals surface area contributed by atoms with Crippen LogP contribution in [-0.4, -0.2) is 43.6 Å². The molecule has 1 aliphatic rings. The number of nitrogens with one attached hydrogen (secondary N) is 1.